The molecule has 0 bridgehead atoms. The molecule has 0 radical (unpaired) electrons. The summed E-state index contributed by atoms with van der Waals surface area (Å²) in [5.41, 5.74) is 0.935. The number of nitrogens with zero attached hydrogens (tertiary/aromatic N) is 2. The molecule has 1 aromatic carbocycles. The molecule has 2 aromatic rings. The summed E-state index contributed by atoms with van der Waals surface area (Å²) in [6.07, 6.45) is 0. The van der Waals surface area contributed by atoms with Gasteiger partial charge in [0.25, 0.3) is 0 Å². The van der Waals surface area contributed by atoms with E-state index in [4.69, 9.17) is 5.11 Å². The van der Waals surface area contributed by atoms with Crippen LogP contribution in [0.4, 0.5) is 0 Å². The van der Waals surface area contributed by atoms with Crippen LogP contribution in [-0.4, -0.2) is 46.2 Å². The fourth-order valence-corrected chi connectivity index (χ4v) is 3.75. The highest BCUT2D eigenvalue weighted by Crippen LogP contribution is 2.29. The number of amides is 1. The first-order valence-corrected chi connectivity index (χ1v) is 8.22. The molecule has 0 saturated heterocycles. The van der Waals surface area contributed by atoms with E-state index in [0.29, 0.717) is 0 Å². The van der Waals surface area contributed by atoms with Crippen LogP contribution in [-0.2, 0) is 9.59 Å². The third kappa shape index (κ3) is 4.18. The van der Waals surface area contributed by atoms with Crippen molar-refractivity contribution in [3.05, 3.63) is 24.3 Å². The average Bonchev–Trinajstić information content (AvgIpc) is 2.87. The van der Waals surface area contributed by atoms with Crippen molar-refractivity contribution >= 4 is 45.2 Å². The second-order valence-electron chi connectivity index (χ2n) is 4.75. The SMILES string of the molecule is CC(CN(C)C(=O)CSc1nc2ccccc2s1)C(=O)O. The van der Waals surface area contributed by atoms with Crippen molar-refractivity contribution in [3.8, 4) is 0 Å². The van der Waals surface area contributed by atoms with Crippen molar-refractivity contribution in [2.75, 3.05) is 19.3 Å². The standard InChI is InChI=1S/C14H16N2O3S2/c1-9(13(18)19)7-16(2)12(17)8-20-14-15-10-5-3-4-6-11(10)21-14/h3-6,9H,7-8H2,1-2H3,(H,18,19). The second-order valence-corrected chi connectivity index (χ2v) is 7.00. The minimum Gasteiger partial charge on any atom is -0.481 e. The van der Waals surface area contributed by atoms with Gasteiger partial charge in [0.2, 0.25) is 5.91 Å². The van der Waals surface area contributed by atoms with Gasteiger partial charge < -0.3 is 10.0 Å². The van der Waals surface area contributed by atoms with E-state index in [9.17, 15) is 9.59 Å². The molecule has 112 valence electrons. The van der Waals surface area contributed by atoms with Crippen LogP contribution in [0.25, 0.3) is 10.2 Å². The molecule has 7 heteroatoms. The van der Waals surface area contributed by atoms with Gasteiger partial charge in [-0.05, 0) is 12.1 Å². The number of thiazole rings is 1. The summed E-state index contributed by atoms with van der Waals surface area (Å²) in [5, 5.41) is 8.85. The minimum atomic E-state index is -0.895. The molecule has 0 spiro atoms. The summed E-state index contributed by atoms with van der Waals surface area (Å²) in [6, 6.07) is 7.84. The van der Waals surface area contributed by atoms with Crippen molar-refractivity contribution in [1.29, 1.82) is 0 Å². The molecule has 1 aromatic heterocycles. The van der Waals surface area contributed by atoms with E-state index < -0.39 is 11.9 Å². The minimum absolute atomic E-state index is 0.0904. The molecule has 1 heterocycles. The Kier molecular flexibility index (Phi) is 5.19. The van der Waals surface area contributed by atoms with Crippen molar-refractivity contribution in [1.82, 2.24) is 9.88 Å². The van der Waals surface area contributed by atoms with Gasteiger partial charge in [0.1, 0.15) is 0 Å². The van der Waals surface area contributed by atoms with Gasteiger partial charge in [-0.15, -0.1) is 11.3 Å². The third-order valence-corrected chi connectivity index (χ3v) is 5.15. The zero-order valence-corrected chi connectivity index (χ0v) is 13.4. The van der Waals surface area contributed by atoms with Gasteiger partial charge in [0, 0.05) is 13.6 Å². The largest absolute Gasteiger partial charge is 0.481 e. The number of carbonyl (C=O) groups is 2. The summed E-state index contributed by atoms with van der Waals surface area (Å²) in [4.78, 5) is 28.7. The van der Waals surface area contributed by atoms with Crippen LogP contribution in [0.15, 0.2) is 28.6 Å². The number of carboxylic acids is 1. The molecule has 0 aliphatic rings. The lowest BCUT2D eigenvalue weighted by molar-refractivity contribution is -0.142. The molecule has 21 heavy (non-hydrogen) atoms. The third-order valence-electron chi connectivity index (χ3n) is 2.99. The zero-order valence-electron chi connectivity index (χ0n) is 11.8. The summed E-state index contributed by atoms with van der Waals surface area (Å²) >= 11 is 2.94. The Bertz CT molecular complexity index is 623. The molecule has 2 rings (SSSR count). The lowest BCUT2D eigenvalue weighted by atomic mass is 10.2. The van der Waals surface area contributed by atoms with Crippen LogP contribution in [0.1, 0.15) is 6.92 Å². The van der Waals surface area contributed by atoms with Gasteiger partial charge in [0.05, 0.1) is 21.9 Å². The number of benzene rings is 1. The fourth-order valence-electron chi connectivity index (χ4n) is 1.74. The Labute approximate surface area is 131 Å². The molecule has 0 fully saturated rings. The number of hydrogen-bond acceptors (Lipinski definition) is 5. The Hall–Kier alpha value is -1.60. The number of rotatable bonds is 6. The van der Waals surface area contributed by atoms with E-state index in [1.165, 1.54) is 16.7 Å². The molecule has 0 saturated carbocycles. The Morgan fingerprint density at radius 3 is 2.81 bits per heavy atom. The van der Waals surface area contributed by atoms with E-state index >= 15 is 0 Å². The summed E-state index contributed by atoms with van der Waals surface area (Å²) in [7, 11) is 1.63. The van der Waals surface area contributed by atoms with Crippen LogP contribution in [0.5, 0.6) is 0 Å². The first-order chi connectivity index (χ1) is 9.97. The van der Waals surface area contributed by atoms with Gasteiger partial charge in [0.15, 0.2) is 4.34 Å². The van der Waals surface area contributed by atoms with Crippen molar-refractivity contribution in [2.45, 2.75) is 11.3 Å². The predicted molar refractivity (Wildman–Crippen MR) is 84.8 cm³/mol. The second kappa shape index (κ2) is 6.91. The summed E-state index contributed by atoms with van der Waals surface area (Å²) in [6.45, 7) is 1.81. The number of carbonyl (C=O) groups excluding carboxylic acids is 1. The average molecular weight is 324 g/mol. The fraction of sp³-hybridized carbons (Fsp3) is 0.357. The molecular weight excluding hydrogens is 308 g/mol. The van der Waals surface area contributed by atoms with Gasteiger partial charge in [-0.3, -0.25) is 9.59 Å². The lowest BCUT2D eigenvalue weighted by Crippen LogP contribution is -2.34. The van der Waals surface area contributed by atoms with Gasteiger partial charge in [-0.25, -0.2) is 4.98 Å². The molecule has 0 aliphatic carbocycles. The van der Waals surface area contributed by atoms with Crippen molar-refractivity contribution in [2.24, 2.45) is 5.92 Å². The highest BCUT2D eigenvalue weighted by Gasteiger charge is 2.17. The van der Waals surface area contributed by atoms with Crippen LogP contribution in [0, 0.1) is 5.92 Å². The first-order valence-electron chi connectivity index (χ1n) is 6.42. The Balaban J connectivity index is 1.89. The zero-order chi connectivity index (χ0) is 15.4. The maximum Gasteiger partial charge on any atom is 0.308 e. The topological polar surface area (TPSA) is 70.5 Å². The van der Waals surface area contributed by atoms with Crippen LogP contribution < -0.4 is 0 Å². The number of fused-ring (bicyclic) bond motifs is 1. The number of thioether (sulfide) groups is 1. The normalized spacial score (nSPS) is 12.3. The molecule has 1 amide bonds. The van der Waals surface area contributed by atoms with E-state index in [1.807, 2.05) is 24.3 Å². The molecular formula is C14H16N2O3S2. The summed E-state index contributed by atoms with van der Waals surface area (Å²) in [5.74, 6) is -1.28. The highest BCUT2D eigenvalue weighted by atomic mass is 32.2. The van der Waals surface area contributed by atoms with E-state index in [-0.39, 0.29) is 18.2 Å². The Morgan fingerprint density at radius 2 is 2.14 bits per heavy atom. The molecule has 1 unspecified atom stereocenters. The number of aliphatic carboxylic acids is 1. The van der Waals surface area contributed by atoms with E-state index in [2.05, 4.69) is 4.98 Å². The van der Waals surface area contributed by atoms with Gasteiger partial charge in [-0.2, -0.15) is 0 Å². The van der Waals surface area contributed by atoms with Crippen molar-refractivity contribution < 1.29 is 14.7 Å². The molecule has 0 aliphatic heterocycles. The van der Waals surface area contributed by atoms with Crippen LogP contribution in [0.3, 0.4) is 0 Å². The quantitative estimate of drug-likeness (QED) is 0.827. The number of carboxylic acid groups (broad SMARTS) is 1. The maximum atomic E-state index is 12.0. The first kappa shape index (κ1) is 15.8. The molecule has 5 nitrogen and oxygen atoms in total. The molecule has 1 N–H and O–H groups in total. The summed E-state index contributed by atoms with van der Waals surface area (Å²) < 4.78 is 1.95. The van der Waals surface area contributed by atoms with E-state index in [0.717, 1.165) is 14.6 Å². The maximum absolute atomic E-state index is 12.0. The van der Waals surface area contributed by atoms with Crippen LogP contribution in [0.2, 0.25) is 0 Å². The highest BCUT2D eigenvalue weighted by molar-refractivity contribution is 8.01. The van der Waals surface area contributed by atoms with Crippen LogP contribution >= 0.6 is 23.1 Å². The van der Waals surface area contributed by atoms with Crippen molar-refractivity contribution in [3.63, 3.8) is 0 Å². The molecule has 1 atom stereocenters. The number of aromatic nitrogens is 1. The predicted octanol–water partition coefficient (Wildman–Crippen LogP) is 2.57. The van der Waals surface area contributed by atoms with Gasteiger partial charge >= 0.3 is 5.97 Å². The van der Waals surface area contributed by atoms with Gasteiger partial charge in [-0.1, -0.05) is 30.8 Å². The smallest absolute Gasteiger partial charge is 0.308 e. The monoisotopic (exact) mass is 324 g/mol. The number of hydrogen-bond donors (Lipinski definition) is 1. The van der Waals surface area contributed by atoms with E-state index in [1.54, 1.807) is 25.3 Å². The number of para-hydroxylation sites is 1. The lowest BCUT2D eigenvalue weighted by Gasteiger charge is -2.18. The Morgan fingerprint density at radius 1 is 1.43 bits per heavy atom.